The van der Waals surface area contributed by atoms with Crippen LogP contribution < -0.4 is 10.1 Å². The van der Waals surface area contributed by atoms with Crippen molar-refractivity contribution < 1.29 is 18.6 Å². The zero-order valence-electron chi connectivity index (χ0n) is 16.3. The lowest BCUT2D eigenvalue weighted by Gasteiger charge is -2.27. The molecule has 1 unspecified atom stereocenters. The van der Waals surface area contributed by atoms with Gasteiger partial charge in [-0.15, -0.1) is 11.8 Å². The lowest BCUT2D eigenvalue weighted by Crippen LogP contribution is -2.23. The van der Waals surface area contributed by atoms with Crippen LogP contribution in [0.4, 0.5) is 0 Å². The number of benzene rings is 2. The zero-order valence-corrected chi connectivity index (χ0v) is 18.0. The number of thioether (sulfide) groups is 1. The van der Waals surface area contributed by atoms with E-state index in [-0.39, 0.29) is 16.9 Å². The number of fused-ring (bicyclic) bond motifs is 1. The summed E-state index contributed by atoms with van der Waals surface area (Å²) in [4.78, 5) is 18.4. The maximum absolute atomic E-state index is 12.9. The van der Waals surface area contributed by atoms with Crippen LogP contribution in [0.15, 0.2) is 76.8 Å². The largest absolute Gasteiger partial charge is 0.496 e. The molecule has 1 amide bonds. The summed E-state index contributed by atoms with van der Waals surface area (Å²) < 4.78 is 26.9. The summed E-state index contributed by atoms with van der Waals surface area (Å²) in [5, 5.41) is 2.65. The number of aromatic nitrogens is 1. The Labute approximate surface area is 181 Å². The second-order valence-electron chi connectivity index (χ2n) is 6.86. The predicted molar refractivity (Wildman–Crippen MR) is 119 cm³/mol. The minimum atomic E-state index is -2.95. The molecule has 3 N–H and O–H groups in total. The second kappa shape index (κ2) is 8.69. The van der Waals surface area contributed by atoms with Crippen molar-refractivity contribution in [2.45, 2.75) is 21.6 Å². The van der Waals surface area contributed by atoms with Crippen molar-refractivity contribution in [1.82, 2.24) is 10.3 Å². The third-order valence-electron chi connectivity index (χ3n) is 4.86. The maximum Gasteiger partial charge on any atom is 0.255 e. The third kappa shape index (κ3) is 4.17. The average molecular weight is 443 g/mol. The average Bonchev–Trinajstić information content (AvgIpc) is 3.02. The van der Waals surface area contributed by atoms with Gasteiger partial charge in [0.1, 0.15) is 5.75 Å². The SMILES string of the molecule is COc1c(C(=O)NCc2cccnc2)ccc2c1C(Sc1ccccc1)CS2(O)O. The van der Waals surface area contributed by atoms with Gasteiger partial charge in [0, 0.05) is 29.4 Å². The Balaban J connectivity index is 1.65. The molecular weight excluding hydrogens is 420 g/mol. The van der Waals surface area contributed by atoms with Crippen molar-refractivity contribution in [3.05, 3.63) is 83.7 Å². The molecule has 8 heteroatoms. The molecule has 2 heterocycles. The molecule has 156 valence electrons. The van der Waals surface area contributed by atoms with Crippen molar-refractivity contribution >= 4 is 28.3 Å². The molecule has 6 nitrogen and oxygen atoms in total. The Morgan fingerprint density at radius 3 is 2.70 bits per heavy atom. The first-order chi connectivity index (χ1) is 14.5. The maximum atomic E-state index is 12.9. The van der Waals surface area contributed by atoms with Crippen LogP contribution in [0.2, 0.25) is 0 Å². The molecule has 1 aromatic heterocycles. The van der Waals surface area contributed by atoms with E-state index in [1.807, 2.05) is 42.5 Å². The second-order valence-corrected chi connectivity index (χ2v) is 10.2. The van der Waals surface area contributed by atoms with Gasteiger partial charge in [0.15, 0.2) is 0 Å². The first-order valence-electron chi connectivity index (χ1n) is 9.35. The fourth-order valence-corrected chi connectivity index (χ4v) is 7.04. The molecular formula is C22H22N2O4S2. The van der Waals surface area contributed by atoms with Gasteiger partial charge in [-0.3, -0.25) is 18.9 Å². The number of hydrogen-bond donors (Lipinski definition) is 3. The number of ether oxygens (including phenoxy) is 1. The van der Waals surface area contributed by atoms with Crippen LogP contribution in [0.3, 0.4) is 0 Å². The molecule has 3 aromatic rings. The van der Waals surface area contributed by atoms with Gasteiger partial charge >= 0.3 is 0 Å². The van der Waals surface area contributed by atoms with Crippen LogP contribution >= 0.6 is 22.4 Å². The number of hydrogen-bond acceptors (Lipinski definition) is 6. The molecule has 0 saturated heterocycles. The van der Waals surface area contributed by atoms with Crippen LogP contribution in [-0.4, -0.2) is 32.9 Å². The summed E-state index contributed by atoms with van der Waals surface area (Å²) >= 11 is 1.54. The van der Waals surface area contributed by atoms with E-state index in [4.69, 9.17) is 4.74 Å². The van der Waals surface area contributed by atoms with Gasteiger partial charge in [-0.25, -0.2) is 0 Å². The van der Waals surface area contributed by atoms with Crippen LogP contribution in [-0.2, 0) is 6.54 Å². The molecule has 1 atom stereocenters. The van der Waals surface area contributed by atoms with E-state index in [0.717, 1.165) is 10.5 Å². The molecule has 0 saturated carbocycles. The van der Waals surface area contributed by atoms with Crippen LogP contribution in [0.5, 0.6) is 5.75 Å². The Kier molecular flexibility index (Phi) is 6.01. The molecule has 1 aliphatic rings. The molecule has 0 bridgehead atoms. The van der Waals surface area contributed by atoms with Crippen LogP contribution in [0, 0.1) is 0 Å². The molecule has 0 aliphatic carbocycles. The number of carbonyl (C=O) groups excluding carboxylic acids is 1. The summed E-state index contributed by atoms with van der Waals surface area (Å²) in [5.74, 6) is 0.298. The molecule has 1 aliphatic heterocycles. The lowest BCUT2D eigenvalue weighted by molar-refractivity contribution is 0.0947. The Hall–Kier alpha value is -2.52. The summed E-state index contributed by atoms with van der Waals surface area (Å²) in [6, 6.07) is 16.7. The summed E-state index contributed by atoms with van der Waals surface area (Å²) in [6.45, 7) is 0.338. The highest BCUT2D eigenvalue weighted by Crippen LogP contribution is 2.65. The van der Waals surface area contributed by atoms with Crippen LogP contribution in [0.1, 0.15) is 26.7 Å². The molecule has 0 spiro atoms. The molecule has 0 fully saturated rings. The van der Waals surface area contributed by atoms with Gasteiger partial charge in [-0.2, -0.15) is 10.6 Å². The summed E-state index contributed by atoms with van der Waals surface area (Å²) in [5.41, 5.74) is 1.94. The first kappa shape index (κ1) is 20.7. The van der Waals surface area contributed by atoms with Gasteiger partial charge in [0.25, 0.3) is 5.91 Å². The number of pyridine rings is 1. The topological polar surface area (TPSA) is 91.7 Å². The van der Waals surface area contributed by atoms with Gasteiger partial charge in [-0.05, 0) is 35.9 Å². The van der Waals surface area contributed by atoms with Crippen molar-refractivity contribution in [2.24, 2.45) is 0 Å². The summed E-state index contributed by atoms with van der Waals surface area (Å²) in [6.07, 6.45) is 3.37. The molecule has 0 radical (unpaired) electrons. The van der Waals surface area contributed by atoms with Gasteiger partial charge in [0.2, 0.25) is 0 Å². The highest BCUT2D eigenvalue weighted by atomic mass is 32.3. The van der Waals surface area contributed by atoms with E-state index in [1.165, 1.54) is 18.9 Å². The van der Waals surface area contributed by atoms with E-state index in [9.17, 15) is 13.9 Å². The minimum absolute atomic E-state index is 0.193. The number of amides is 1. The van der Waals surface area contributed by atoms with E-state index >= 15 is 0 Å². The number of carbonyl (C=O) groups is 1. The zero-order chi connectivity index (χ0) is 21.1. The molecule has 2 aromatic carbocycles. The third-order valence-corrected chi connectivity index (χ3v) is 8.16. The smallest absolute Gasteiger partial charge is 0.255 e. The Bertz CT molecular complexity index is 1050. The normalized spacial score (nSPS) is 17.8. The Morgan fingerprint density at radius 2 is 2.00 bits per heavy atom. The Morgan fingerprint density at radius 1 is 1.20 bits per heavy atom. The van der Waals surface area contributed by atoms with Crippen molar-refractivity contribution in [1.29, 1.82) is 0 Å². The highest BCUT2D eigenvalue weighted by molar-refractivity contribution is 8.25. The predicted octanol–water partition coefficient (Wildman–Crippen LogP) is 4.98. The van der Waals surface area contributed by atoms with E-state index in [1.54, 1.807) is 24.5 Å². The van der Waals surface area contributed by atoms with Crippen LogP contribution in [0.25, 0.3) is 0 Å². The number of methoxy groups -OCH3 is 1. The van der Waals surface area contributed by atoms with Gasteiger partial charge < -0.3 is 10.1 Å². The van der Waals surface area contributed by atoms with Crippen molar-refractivity contribution in [3.63, 3.8) is 0 Å². The quantitative estimate of drug-likeness (QED) is 0.499. The monoisotopic (exact) mass is 442 g/mol. The van der Waals surface area contributed by atoms with Gasteiger partial charge in [-0.1, -0.05) is 24.3 Å². The van der Waals surface area contributed by atoms with E-state index in [2.05, 4.69) is 10.3 Å². The number of nitrogens with one attached hydrogen (secondary N) is 1. The van der Waals surface area contributed by atoms with Crippen molar-refractivity contribution in [3.8, 4) is 5.75 Å². The van der Waals surface area contributed by atoms with Crippen molar-refractivity contribution in [2.75, 3.05) is 12.9 Å². The standard InChI is InChI=1S/C22H22N2O4S2/c1-28-21-17(22(25)24-13-15-6-5-11-23-12-15)9-10-19-20(21)18(14-30(19,26)27)29-16-7-3-2-4-8-16/h2-12,18,26-27H,13-14H2,1H3,(H,24,25). The molecule has 4 rings (SSSR count). The summed E-state index contributed by atoms with van der Waals surface area (Å²) in [7, 11) is -1.44. The first-order valence-corrected chi connectivity index (χ1v) is 11.9. The van der Waals surface area contributed by atoms with E-state index < -0.39 is 10.6 Å². The molecule has 30 heavy (non-hydrogen) atoms. The number of rotatable bonds is 6. The fraction of sp³-hybridized carbons (Fsp3) is 0.182. The minimum Gasteiger partial charge on any atom is -0.496 e. The van der Waals surface area contributed by atoms with E-state index in [0.29, 0.717) is 28.3 Å². The number of nitrogens with zero attached hydrogens (tertiary/aromatic N) is 1. The highest BCUT2D eigenvalue weighted by Gasteiger charge is 2.39. The van der Waals surface area contributed by atoms with Gasteiger partial charge in [0.05, 0.1) is 28.6 Å². The fourth-order valence-electron chi connectivity index (χ4n) is 3.49. The lowest BCUT2D eigenvalue weighted by atomic mass is 10.1.